The van der Waals surface area contributed by atoms with E-state index in [0.717, 1.165) is 11.5 Å². The second kappa shape index (κ2) is 2.74. The Morgan fingerprint density at radius 1 is 1.67 bits per heavy atom. The third-order valence-corrected chi connectivity index (χ3v) is 1.28. The molecule has 0 atom stereocenters. The predicted molar refractivity (Wildman–Crippen MR) is 38.4 cm³/mol. The summed E-state index contributed by atoms with van der Waals surface area (Å²) < 4.78 is 5.13. The molecule has 9 heavy (non-hydrogen) atoms. The topological polar surface area (TPSA) is 13.1 Å². The highest BCUT2D eigenvalue weighted by molar-refractivity contribution is 6.16. The molecule has 1 aromatic heterocycles. The molecule has 2 heteroatoms. The Morgan fingerprint density at radius 2 is 2.44 bits per heavy atom. The molecule has 1 aromatic rings. The van der Waals surface area contributed by atoms with Crippen LogP contribution < -0.4 is 0 Å². The monoisotopic (exact) mass is 142 g/mol. The molecule has 0 N–H and O–H groups in total. The van der Waals surface area contributed by atoms with Gasteiger partial charge >= 0.3 is 0 Å². The van der Waals surface area contributed by atoms with Gasteiger partial charge in [0, 0.05) is 0 Å². The van der Waals surface area contributed by atoms with Crippen LogP contribution in [0, 0.1) is 0 Å². The molecule has 0 bridgehead atoms. The van der Waals surface area contributed by atoms with Crippen LogP contribution in [-0.4, -0.2) is 0 Å². The Labute approximate surface area is 58.9 Å². The average Bonchev–Trinajstić information content (AvgIpc) is 2.34. The Hall–Kier alpha value is -0.690. The number of halogens is 1. The molecular formula is C7H7ClO. The van der Waals surface area contributed by atoms with E-state index in [4.69, 9.17) is 16.0 Å². The van der Waals surface area contributed by atoms with E-state index in [1.54, 1.807) is 6.08 Å². The molecule has 1 rings (SSSR count). The van der Waals surface area contributed by atoms with Gasteiger partial charge in [0.2, 0.25) is 0 Å². The standard InChI is InChI=1S/C7H7ClO/c1-2-6-3-4-7(5-8)9-6/h2-4H,1,5H2. The summed E-state index contributed by atoms with van der Waals surface area (Å²) in [6.45, 7) is 3.54. The van der Waals surface area contributed by atoms with Gasteiger partial charge in [-0.15, -0.1) is 11.6 Å². The lowest BCUT2D eigenvalue weighted by Crippen LogP contribution is -1.64. The molecule has 0 radical (unpaired) electrons. The molecule has 0 saturated carbocycles. The number of hydrogen-bond acceptors (Lipinski definition) is 1. The van der Waals surface area contributed by atoms with E-state index < -0.39 is 0 Å². The predicted octanol–water partition coefficient (Wildman–Crippen LogP) is 2.66. The second-order valence-electron chi connectivity index (χ2n) is 1.64. The van der Waals surface area contributed by atoms with Crippen LogP contribution in [0.15, 0.2) is 23.1 Å². The first-order chi connectivity index (χ1) is 4.36. The maximum Gasteiger partial charge on any atom is 0.126 e. The van der Waals surface area contributed by atoms with Crippen LogP contribution in [0.25, 0.3) is 6.08 Å². The third kappa shape index (κ3) is 1.36. The molecule has 0 saturated heterocycles. The highest BCUT2D eigenvalue weighted by atomic mass is 35.5. The minimum atomic E-state index is 0.424. The smallest absolute Gasteiger partial charge is 0.126 e. The van der Waals surface area contributed by atoms with Gasteiger partial charge < -0.3 is 4.42 Å². The summed E-state index contributed by atoms with van der Waals surface area (Å²) in [5.74, 6) is 1.98. The SMILES string of the molecule is C=Cc1ccc(CCl)o1. The zero-order valence-electron chi connectivity index (χ0n) is 4.93. The molecule has 0 aliphatic rings. The van der Waals surface area contributed by atoms with Crippen molar-refractivity contribution in [1.29, 1.82) is 0 Å². The summed E-state index contributed by atoms with van der Waals surface area (Å²) in [6, 6.07) is 3.68. The van der Waals surface area contributed by atoms with Crippen LogP contribution >= 0.6 is 11.6 Å². The van der Waals surface area contributed by atoms with Crippen LogP contribution in [0.2, 0.25) is 0 Å². The normalized spacial score (nSPS) is 9.44. The largest absolute Gasteiger partial charge is 0.460 e. The summed E-state index contributed by atoms with van der Waals surface area (Å²) >= 11 is 5.47. The minimum Gasteiger partial charge on any atom is -0.460 e. The summed E-state index contributed by atoms with van der Waals surface area (Å²) in [7, 11) is 0. The van der Waals surface area contributed by atoms with Crippen molar-refractivity contribution < 1.29 is 4.42 Å². The number of alkyl halides is 1. The zero-order chi connectivity index (χ0) is 6.69. The van der Waals surface area contributed by atoms with Gasteiger partial charge in [-0.25, -0.2) is 0 Å². The molecule has 0 aliphatic heterocycles. The lowest BCUT2D eigenvalue weighted by molar-refractivity contribution is 0.520. The Balaban J connectivity index is 2.86. The molecule has 0 aromatic carbocycles. The van der Waals surface area contributed by atoms with Crippen LogP contribution in [0.5, 0.6) is 0 Å². The van der Waals surface area contributed by atoms with Crippen molar-refractivity contribution >= 4 is 17.7 Å². The molecule has 0 unspecified atom stereocenters. The molecule has 0 fully saturated rings. The van der Waals surface area contributed by atoms with Gasteiger partial charge in [-0.1, -0.05) is 6.58 Å². The minimum absolute atomic E-state index is 0.424. The molecule has 1 heterocycles. The van der Waals surface area contributed by atoms with Crippen molar-refractivity contribution in [3.8, 4) is 0 Å². The maximum atomic E-state index is 5.47. The van der Waals surface area contributed by atoms with Crippen molar-refractivity contribution in [1.82, 2.24) is 0 Å². The molecule has 0 aliphatic carbocycles. The highest BCUT2D eigenvalue weighted by Gasteiger charge is 1.94. The van der Waals surface area contributed by atoms with Crippen molar-refractivity contribution in [3.63, 3.8) is 0 Å². The van der Waals surface area contributed by atoms with Gasteiger partial charge in [0.05, 0.1) is 5.88 Å². The van der Waals surface area contributed by atoms with E-state index in [9.17, 15) is 0 Å². The van der Waals surface area contributed by atoms with Crippen molar-refractivity contribution in [2.24, 2.45) is 0 Å². The van der Waals surface area contributed by atoms with Crippen LogP contribution in [0.1, 0.15) is 11.5 Å². The molecule has 0 spiro atoms. The first-order valence-electron chi connectivity index (χ1n) is 2.64. The van der Waals surface area contributed by atoms with Gasteiger partial charge in [-0.05, 0) is 18.2 Å². The molecule has 48 valence electrons. The number of furan rings is 1. The van der Waals surface area contributed by atoms with Gasteiger partial charge in [0.1, 0.15) is 11.5 Å². The molecule has 1 nitrogen and oxygen atoms in total. The Bertz CT molecular complexity index is 202. The van der Waals surface area contributed by atoms with E-state index in [-0.39, 0.29) is 0 Å². The summed E-state index contributed by atoms with van der Waals surface area (Å²) in [6.07, 6.45) is 1.65. The van der Waals surface area contributed by atoms with Gasteiger partial charge in [0.25, 0.3) is 0 Å². The van der Waals surface area contributed by atoms with E-state index in [1.165, 1.54) is 0 Å². The quantitative estimate of drug-likeness (QED) is 0.579. The molecular weight excluding hydrogens is 136 g/mol. The third-order valence-electron chi connectivity index (χ3n) is 1.02. The van der Waals surface area contributed by atoms with Crippen molar-refractivity contribution in [2.75, 3.05) is 0 Å². The Kier molecular flexibility index (Phi) is 1.96. The maximum absolute atomic E-state index is 5.47. The van der Waals surface area contributed by atoms with Crippen LogP contribution in [0.3, 0.4) is 0 Å². The fourth-order valence-corrected chi connectivity index (χ4v) is 0.720. The van der Waals surface area contributed by atoms with Gasteiger partial charge in [-0.2, -0.15) is 0 Å². The van der Waals surface area contributed by atoms with E-state index in [1.807, 2.05) is 12.1 Å². The summed E-state index contributed by atoms with van der Waals surface area (Å²) in [4.78, 5) is 0. The fraction of sp³-hybridized carbons (Fsp3) is 0.143. The second-order valence-corrected chi connectivity index (χ2v) is 1.91. The Morgan fingerprint density at radius 3 is 2.78 bits per heavy atom. The van der Waals surface area contributed by atoms with Gasteiger partial charge in [-0.3, -0.25) is 0 Å². The van der Waals surface area contributed by atoms with E-state index in [0.29, 0.717) is 5.88 Å². The lowest BCUT2D eigenvalue weighted by atomic mass is 10.4. The number of hydrogen-bond donors (Lipinski definition) is 0. The van der Waals surface area contributed by atoms with E-state index >= 15 is 0 Å². The van der Waals surface area contributed by atoms with Crippen LogP contribution in [-0.2, 0) is 5.88 Å². The zero-order valence-corrected chi connectivity index (χ0v) is 5.69. The highest BCUT2D eigenvalue weighted by Crippen LogP contribution is 2.10. The van der Waals surface area contributed by atoms with Crippen molar-refractivity contribution in [2.45, 2.75) is 5.88 Å². The fourth-order valence-electron chi connectivity index (χ4n) is 0.576. The van der Waals surface area contributed by atoms with Crippen molar-refractivity contribution in [3.05, 3.63) is 30.2 Å². The van der Waals surface area contributed by atoms with E-state index in [2.05, 4.69) is 6.58 Å². The average molecular weight is 143 g/mol. The first kappa shape index (κ1) is 6.43. The summed E-state index contributed by atoms with van der Waals surface area (Å²) in [5.41, 5.74) is 0. The van der Waals surface area contributed by atoms with Crippen LogP contribution in [0.4, 0.5) is 0 Å². The summed E-state index contributed by atoms with van der Waals surface area (Å²) in [5, 5.41) is 0. The number of rotatable bonds is 2. The first-order valence-corrected chi connectivity index (χ1v) is 3.17. The molecule has 0 amide bonds. The lowest BCUT2D eigenvalue weighted by Gasteiger charge is -1.82. The van der Waals surface area contributed by atoms with Gasteiger partial charge in [0.15, 0.2) is 0 Å².